The molecule has 8 nitrogen and oxygen atoms in total. The molecule has 0 heterocycles. The van der Waals surface area contributed by atoms with Gasteiger partial charge in [0, 0.05) is 12.6 Å². The van der Waals surface area contributed by atoms with E-state index in [9.17, 15) is 19.7 Å². The number of amides is 1. The highest BCUT2D eigenvalue weighted by Crippen LogP contribution is 2.57. The fourth-order valence-corrected chi connectivity index (χ4v) is 6.61. The summed E-state index contributed by atoms with van der Waals surface area (Å²) in [7, 11) is 0. The zero-order valence-corrected chi connectivity index (χ0v) is 22.1. The number of nitrogens with two attached hydrogens (primary N) is 1. The standard InChI is InChI=1S/C29H37N3O5/c1-18(2)19-6-9-22-20(14-19)8-11-25-28(3,12-5-13-29(22,25)4)17-31-26(33)16-37-27(34)21-7-10-23(30)24(15-21)32(35)36/h6-7,9-10,14-15,18,25H,5,8,11-13,16-17,30H2,1-4H3,(H,31,33). The Morgan fingerprint density at radius 2 is 1.95 bits per heavy atom. The van der Waals surface area contributed by atoms with E-state index < -0.39 is 17.5 Å². The summed E-state index contributed by atoms with van der Waals surface area (Å²) in [5.41, 5.74) is 9.44. The van der Waals surface area contributed by atoms with Crippen molar-refractivity contribution >= 4 is 23.3 Å². The number of aryl methyl sites for hydroxylation is 1. The normalized spacial score (nSPS) is 24.6. The van der Waals surface area contributed by atoms with Gasteiger partial charge in [0.1, 0.15) is 5.69 Å². The van der Waals surface area contributed by atoms with E-state index in [0.717, 1.165) is 38.2 Å². The van der Waals surface area contributed by atoms with Crippen LogP contribution in [0.1, 0.15) is 86.3 Å². The Morgan fingerprint density at radius 3 is 2.65 bits per heavy atom. The van der Waals surface area contributed by atoms with Gasteiger partial charge < -0.3 is 15.8 Å². The maximum atomic E-state index is 12.6. The van der Waals surface area contributed by atoms with Gasteiger partial charge in [-0.1, -0.05) is 52.3 Å². The molecule has 2 aromatic rings. The topological polar surface area (TPSA) is 125 Å². The summed E-state index contributed by atoms with van der Waals surface area (Å²) >= 11 is 0. The van der Waals surface area contributed by atoms with Crippen LogP contribution in [0.5, 0.6) is 0 Å². The van der Waals surface area contributed by atoms with Gasteiger partial charge in [0.15, 0.2) is 6.61 Å². The molecule has 1 fully saturated rings. The van der Waals surface area contributed by atoms with E-state index in [2.05, 4.69) is 51.2 Å². The van der Waals surface area contributed by atoms with Crippen LogP contribution in [-0.4, -0.2) is 30.0 Å². The smallest absolute Gasteiger partial charge is 0.338 e. The Kier molecular flexibility index (Phi) is 7.31. The van der Waals surface area contributed by atoms with E-state index in [-0.39, 0.29) is 33.7 Å². The van der Waals surface area contributed by atoms with E-state index in [4.69, 9.17) is 10.5 Å². The highest BCUT2D eigenvalue weighted by Gasteiger charge is 2.51. The average Bonchev–Trinajstić information content (AvgIpc) is 2.85. The second-order valence-corrected chi connectivity index (χ2v) is 11.5. The number of ether oxygens (including phenoxy) is 1. The fraction of sp³-hybridized carbons (Fsp3) is 0.517. The minimum absolute atomic E-state index is 0.0230. The summed E-state index contributed by atoms with van der Waals surface area (Å²) < 4.78 is 5.13. The molecule has 2 aliphatic carbocycles. The molecule has 0 saturated heterocycles. The first-order valence-electron chi connectivity index (χ1n) is 13.1. The van der Waals surface area contributed by atoms with Crippen LogP contribution in [0.3, 0.4) is 0 Å². The van der Waals surface area contributed by atoms with Gasteiger partial charge in [-0.15, -0.1) is 0 Å². The van der Waals surface area contributed by atoms with Crippen molar-refractivity contribution in [3.05, 3.63) is 68.8 Å². The van der Waals surface area contributed by atoms with Crippen molar-refractivity contribution in [1.82, 2.24) is 5.32 Å². The van der Waals surface area contributed by atoms with Gasteiger partial charge in [0.25, 0.3) is 11.6 Å². The maximum Gasteiger partial charge on any atom is 0.338 e. The number of benzene rings is 2. The average molecular weight is 508 g/mol. The zero-order valence-electron chi connectivity index (χ0n) is 22.1. The second kappa shape index (κ2) is 10.1. The van der Waals surface area contributed by atoms with Gasteiger partial charge in [-0.2, -0.15) is 0 Å². The molecule has 3 unspecified atom stereocenters. The summed E-state index contributed by atoms with van der Waals surface area (Å²) in [6, 6.07) is 10.7. The fourth-order valence-electron chi connectivity index (χ4n) is 6.61. The van der Waals surface area contributed by atoms with Crippen molar-refractivity contribution in [2.45, 2.75) is 71.1 Å². The molecule has 198 valence electrons. The van der Waals surface area contributed by atoms with E-state index in [1.807, 2.05) is 0 Å². The van der Waals surface area contributed by atoms with Crippen LogP contribution in [0, 0.1) is 21.4 Å². The molecule has 1 amide bonds. The van der Waals surface area contributed by atoms with Crippen molar-refractivity contribution in [2.75, 3.05) is 18.9 Å². The summed E-state index contributed by atoms with van der Waals surface area (Å²) in [5.74, 6) is -0.250. The number of fused-ring (bicyclic) bond motifs is 3. The van der Waals surface area contributed by atoms with Crippen LogP contribution in [0.25, 0.3) is 0 Å². The van der Waals surface area contributed by atoms with Crippen LogP contribution < -0.4 is 11.1 Å². The van der Waals surface area contributed by atoms with E-state index in [0.29, 0.717) is 18.4 Å². The quantitative estimate of drug-likeness (QED) is 0.227. The van der Waals surface area contributed by atoms with Crippen molar-refractivity contribution in [2.24, 2.45) is 11.3 Å². The van der Waals surface area contributed by atoms with E-state index >= 15 is 0 Å². The Morgan fingerprint density at radius 1 is 1.19 bits per heavy atom. The van der Waals surface area contributed by atoms with Gasteiger partial charge >= 0.3 is 5.97 Å². The summed E-state index contributed by atoms with van der Waals surface area (Å²) in [5, 5.41) is 14.1. The SMILES string of the molecule is CC(C)c1ccc2c(c1)CCC1C(C)(CNC(=O)COC(=O)c3ccc(N)c([N+](=O)[O-])c3)CCCC21C. The molecular weight excluding hydrogens is 470 g/mol. The van der Waals surface area contributed by atoms with Crippen LogP contribution in [0.2, 0.25) is 0 Å². The minimum atomic E-state index is -0.806. The van der Waals surface area contributed by atoms with Crippen LogP contribution in [0.4, 0.5) is 11.4 Å². The molecule has 0 radical (unpaired) electrons. The Balaban J connectivity index is 1.39. The van der Waals surface area contributed by atoms with Crippen molar-refractivity contribution < 1.29 is 19.2 Å². The molecule has 0 aliphatic heterocycles. The number of hydrogen-bond donors (Lipinski definition) is 2. The lowest BCUT2D eigenvalue weighted by molar-refractivity contribution is -0.383. The number of nitrogen functional groups attached to an aromatic ring is 1. The molecule has 2 aliphatic rings. The first-order valence-corrected chi connectivity index (χ1v) is 13.1. The number of hydrogen-bond acceptors (Lipinski definition) is 6. The summed E-state index contributed by atoms with van der Waals surface area (Å²) in [6.45, 7) is 9.17. The molecule has 37 heavy (non-hydrogen) atoms. The van der Waals surface area contributed by atoms with E-state index in [1.165, 1.54) is 28.8 Å². The van der Waals surface area contributed by atoms with E-state index in [1.54, 1.807) is 0 Å². The lowest BCUT2D eigenvalue weighted by atomic mass is 9.49. The molecule has 0 bridgehead atoms. The molecule has 1 saturated carbocycles. The van der Waals surface area contributed by atoms with Crippen molar-refractivity contribution in [3.8, 4) is 0 Å². The first-order chi connectivity index (χ1) is 17.4. The lowest BCUT2D eigenvalue weighted by Crippen LogP contribution is -2.53. The summed E-state index contributed by atoms with van der Waals surface area (Å²) in [6.07, 6.45) is 5.39. The Labute approximate surface area is 218 Å². The predicted molar refractivity (Wildman–Crippen MR) is 142 cm³/mol. The highest BCUT2D eigenvalue weighted by molar-refractivity contribution is 5.92. The second-order valence-electron chi connectivity index (χ2n) is 11.5. The number of anilines is 1. The van der Waals surface area contributed by atoms with Crippen LogP contribution in [-0.2, 0) is 21.4 Å². The van der Waals surface area contributed by atoms with Crippen molar-refractivity contribution in [1.29, 1.82) is 0 Å². The Bertz CT molecular complexity index is 1230. The van der Waals surface area contributed by atoms with Gasteiger partial charge in [0.2, 0.25) is 0 Å². The first kappa shape index (κ1) is 26.6. The molecular formula is C29H37N3O5. The molecule has 3 atom stereocenters. The third-order valence-corrected chi connectivity index (χ3v) is 8.65. The van der Waals surface area contributed by atoms with Gasteiger partial charge in [-0.25, -0.2) is 4.79 Å². The van der Waals surface area contributed by atoms with Gasteiger partial charge in [-0.05, 0) is 77.2 Å². The number of nitro benzene ring substituents is 1. The molecule has 4 rings (SSSR count). The highest BCUT2D eigenvalue weighted by atomic mass is 16.6. The molecule has 2 aromatic carbocycles. The third kappa shape index (κ3) is 5.20. The lowest BCUT2D eigenvalue weighted by Gasteiger charge is -2.55. The number of carbonyl (C=O) groups excluding carboxylic acids is 2. The monoisotopic (exact) mass is 507 g/mol. The van der Waals surface area contributed by atoms with Gasteiger partial charge in [-0.3, -0.25) is 14.9 Å². The molecule has 0 aromatic heterocycles. The number of nitro groups is 1. The third-order valence-electron chi connectivity index (χ3n) is 8.65. The molecule has 0 spiro atoms. The summed E-state index contributed by atoms with van der Waals surface area (Å²) in [4.78, 5) is 35.4. The maximum absolute atomic E-state index is 12.6. The van der Waals surface area contributed by atoms with Crippen LogP contribution >= 0.6 is 0 Å². The number of carbonyl (C=O) groups is 2. The number of nitrogens with one attached hydrogen (secondary N) is 1. The Hall–Kier alpha value is -3.42. The van der Waals surface area contributed by atoms with Gasteiger partial charge in [0.05, 0.1) is 10.5 Å². The number of esters is 1. The number of nitrogens with zero attached hydrogens (tertiary/aromatic N) is 1. The number of rotatable bonds is 7. The van der Waals surface area contributed by atoms with Crippen molar-refractivity contribution in [3.63, 3.8) is 0 Å². The zero-order chi connectivity index (χ0) is 27.0. The van der Waals surface area contributed by atoms with Crippen LogP contribution in [0.15, 0.2) is 36.4 Å². The largest absolute Gasteiger partial charge is 0.452 e. The minimum Gasteiger partial charge on any atom is -0.452 e. The molecule has 3 N–H and O–H groups in total. The molecule has 8 heteroatoms. The predicted octanol–water partition coefficient (Wildman–Crippen LogP) is 5.28.